The molecule has 2 aromatic carbocycles. The van der Waals surface area contributed by atoms with Crippen molar-refractivity contribution in [2.75, 3.05) is 0 Å². The van der Waals surface area contributed by atoms with Crippen molar-refractivity contribution in [3.05, 3.63) is 58.7 Å². The van der Waals surface area contributed by atoms with Crippen molar-refractivity contribution in [1.29, 1.82) is 0 Å². The quantitative estimate of drug-likeness (QED) is 0.677. The Morgan fingerprint density at radius 2 is 1.62 bits per heavy atom. The SMILES string of the molecule is O=PO.[Li][C](=O)c1c(C)cc(C)c(-c2ccccc2)c1C. The van der Waals surface area contributed by atoms with Crippen LogP contribution in [0.2, 0.25) is 0 Å². The van der Waals surface area contributed by atoms with Gasteiger partial charge in [-0.1, -0.05) is 0 Å². The first-order valence-corrected chi connectivity index (χ1v) is 7.34. The molecule has 0 radical (unpaired) electrons. The third-order valence-corrected chi connectivity index (χ3v) is 3.39. The summed E-state index contributed by atoms with van der Waals surface area (Å²) in [6.07, 6.45) is 0. The summed E-state index contributed by atoms with van der Waals surface area (Å²) >= 11 is 1.64. The van der Waals surface area contributed by atoms with Crippen molar-refractivity contribution in [3.8, 4) is 11.1 Å². The maximum absolute atomic E-state index is 11.8. The normalized spacial score (nSPS) is 10.0. The first-order valence-electron chi connectivity index (χ1n) is 6.57. The summed E-state index contributed by atoms with van der Waals surface area (Å²) in [6.45, 7) is 6.15. The van der Waals surface area contributed by atoms with E-state index in [-0.39, 0.29) is 4.46 Å². The summed E-state index contributed by atoms with van der Waals surface area (Å²) < 4.78 is 8.60. The van der Waals surface area contributed by atoms with Crippen molar-refractivity contribution < 1.29 is 14.3 Å². The molecular formula is C16H16LiO3P. The van der Waals surface area contributed by atoms with E-state index in [2.05, 4.69) is 25.1 Å². The molecular weight excluding hydrogens is 278 g/mol. The zero-order valence-corrected chi connectivity index (χ0v) is 13.6. The standard InChI is InChI=1S/C16H15O.Li.HO2P/c1-11-9-12(2)16(13(3)15(11)10-17)14-7-5-4-6-8-14;;1-3-2/h4-9H,1-3H3;;(H,1,2). The molecule has 0 saturated heterocycles. The second-order valence-electron chi connectivity index (χ2n) is 4.89. The Kier molecular flexibility index (Phi) is 7.02. The molecule has 0 amide bonds. The van der Waals surface area contributed by atoms with Crippen molar-refractivity contribution in [1.82, 2.24) is 0 Å². The zero-order chi connectivity index (χ0) is 16.0. The maximum atomic E-state index is 11.8. The minimum atomic E-state index is -0.833. The average molecular weight is 294 g/mol. The van der Waals surface area contributed by atoms with Crippen molar-refractivity contribution in [2.24, 2.45) is 0 Å². The van der Waals surface area contributed by atoms with E-state index in [1.165, 1.54) is 16.7 Å². The van der Waals surface area contributed by atoms with Crippen LogP contribution >= 0.6 is 8.69 Å². The fraction of sp³-hybridized carbons (Fsp3) is 0.188. The van der Waals surface area contributed by atoms with Gasteiger partial charge in [0.1, 0.15) is 0 Å². The third kappa shape index (κ3) is 4.37. The van der Waals surface area contributed by atoms with Gasteiger partial charge in [0, 0.05) is 0 Å². The third-order valence-electron chi connectivity index (χ3n) is 3.39. The number of carbonyl (C=O) groups excluding carboxylic acids is 1. The number of carbonyl (C=O) groups is 1. The van der Waals surface area contributed by atoms with Gasteiger partial charge in [-0.2, -0.15) is 0 Å². The summed E-state index contributed by atoms with van der Waals surface area (Å²) in [4.78, 5) is 18.8. The van der Waals surface area contributed by atoms with Gasteiger partial charge in [0.25, 0.3) is 0 Å². The molecule has 2 rings (SSSR count). The van der Waals surface area contributed by atoms with E-state index >= 15 is 0 Å². The van der Waals surface area contributed by atoms with Crippen LogP contribution in [0.1, 0.15) is 27.0 Å². The van der Waals surface area contributed by atoms with Crippen LogP contribution in [0, 0.1) is 20.8 Å². The van der Waals surface area contributed by atoms with Crippen LogP contribution < -0.4 is 0 Å². The monoisotopic (exact) mass is 294 g/mol. The van der Waals surface area contributed by atoms with E-state index in [0.29, 0.717) is 0 Å². The van der Waals surface area contributed by atoms with Crippen LogP contribution in [0.4, 0.5) is 0 Å². The van der Waals surface area contributed by atoms with Crippen LogP contribution in [-0.4, -0.2) is 27.1 Å². The Labute approximate surface area is 135 Å². The summed E-state index contributed by atoms with van der Waals surface area (Å²) in [5.74, 6) is 0. The van der Waals surface area contributed by atoms with Crippen molar-refractivity contribution >= 4 is 30.9 Å². The molecule has 3 nitrogen and oxygen atoms in total. The Hall–Kier alpha value is -1.23. The number of benzene rings is 2. The average Bonchev–Trinajstić information content (AvgIpc) is 2.39. The summed E-state index contributed by atoms with van der Waals surface area (Å²) in [6, 6.07) is 12.4. The molecule has 0 atom stereocenters. The van der Waals surface area contributed by atoms with Crippen molar-refractivity contribution in [3.63, 3.8) is 0 Å². The Balaban J connectivity index is 0.000000677. The van der Waals surface area contributed by atoms with Crippen molar-refractivity contribution in [2.45, 2.75) is 20.8 Å². The summed E-state index contributed by atoms with van der Waals surface area (Å²) in [5.41, 5.74) is 6.60. The van der Waals surface area contributed by atoms with Crippen LogP contribution in [0.3, 0.4) is 0 Å². The van der Waals surface area contributed by atoms with Gasteiger partial charge in [0.05, 0.1) is 0 Å². The minimum absolute atomic E-state index is 0.141. The van der Waals surface area contributed by atoms with E-state index in [9.17, 15) is 4.79 Å². The molecule has 0 unspecified atom stereocenters. The van der Waals surface area contributed by atoms with Gasteiger partial charge in [-0.05, 0) is 0 Å². The summed E-state index contributed by atoms with van der Waals surface area (Å²) in [5, 5.41) is 0. The predicted molar refractivity (Wildman–Crippen MR) is 86.0 cm³/mol. The second-order valence-corrected chi connectivity index (χ2v) is 5.05. The molecule has 0 aromatic heterocycles. The van der Waals surface area contributed by atoms with Gasteiger partial charge < -0.3 is 4.89 Å². The van der Waals surface area contributed by atoms with Gasteiger partial charge >= 0.3 is 126 Å². The van der Waals surface area contributed by atoms with Gasteiger partial charge in [-0.25, -0.2) is 4.57 Å². The van der Waals surface area contributed by atoms with Gasteiger partial charge in [-0.15, -0.1) is 0 Å². The molecule has 0 saturated carbocycles. The van der Waals surface area contributed by atoms with E-state index in [4.69, 9.17) is 9.46 Å². The Morgan fingerprint density at radius 1 is 1.10 bits per heavy atom. The van der Waals surface area contributed by atoms with E-state index in [1.807, 2.05) is 32.0 Å². The topological polar surface area (TPSA) is 54.4 Å². The molecule has 2 aromatic rings. The first kappa shape index (κ1) is 17.8. The number of aryl methyl sites for hydroxylation is 2. The molecule has 0 fully saturated rings. The van der Waals surface area contributed by atoms with Crippen LogP contribution in [0.5, 0.6) is 0 Å². The Bertz CT molecular complexity index is 654. The predicted octanol–water partition coefficient (Wildman–Crippen LogP) is 3.77. The fourth-order valence-corrected chi connectivity index (χ4v) is 2.78. The van der Waals surface area contributed by atoms with E-state index in [1.54, 1.807) is 17.7 Å². The molecule has 104 valence electrons. The molecule has 0 aliphatic rings. The molecule has 1 N–H and O–H groups in total. The number of hydrogen-bond donors (Lipinski definition) is 1. The molecule has 0 aliphatic carbocycles. The molecule has 21 heavy (non-hydrogen) atoms. The molecule has 0 aliphatic heterocycles. The first-order chi connectivity index (χ1) is 9.93. The Morgan fingerprint density at radius 3 is 2.10 bits per heavy atom. The van der Waals surface area contributed by atoms with E-state index < -0.39 is 8.69 Å². The number of rotatable bonds is 2. The van der Waals surface area contributed by atoms with Gasteiger partial charge in [0.2, 0.25) is 0 Å². The molecule has 0 bridgehead atoms. The van der Waals surface area contributed by atoms with Crippen LogP contribution in [-0.2, 0) is 4.57 Å². The second kappa shape index (κ2) is 8.27. The summed E-state index contributed by atoms with van der Waals surface area (Å²) in [7, 11) is -0.833. The van der Waals surface area contributed by atoms with Gasteiger partial charge in [0.15, 0.2) is 0 Å². The van der Waals surface area contributed by atoms with Crippen LogP contribution in [0.25, 0.3) is 11.1 Å². The molecule has 0 heterocycles. The molecule has 5 heteroatoms. The molecule has 0 spiro atoms. The zero-order valence-electron chi connectivity index (χ0n) is 12.7. The fourth-order valence-electron chi connectivity index (χ4n) is 2.78. The van der Waals surface area contributed by atoms with E-state index in [0.717, 1.165) is 16.7 Å². The van der Waals surface area contributed by atoms with Gasteiger partial charge in [-0.3, -0.25) is 0 Å². The number of hydrogen-bond acceptors (Lipinski definition) is 2. The van der Waals surface area contributed by atoms with Crippen LogP contribution in [0.15, 0.2) is 36.4 Å².